The minimum absolute atomic E-state index is 0.472. The Labute approximate surface area is 124 Å². The van der Waals surface area contributed by atoms with Gasteiger partial charge in [-0.05, 0) is 25.1 Å². The van der Waals surface area contributed by atoms with Crippen molar-refractivity contribution in [1.82, 2.24) is 4.98 Å². The number of pyridine rings is 1. The maximum Gasteiger partial charge on any atom is 0.0640 e. The summed E-state index contributed by atoms with van der Waals surface area (Å²) in [4.78, 5) is 6.48. The molecule has 0 radical (unpaired) electrons. The van der Waals surface area contributed by atoms with E-state index in [2.05, 4.69) is 16.0 Å². The van der Waals surface area contributed by atoms with Crippen molar-refractivity contribution in [2.24, 2.45) is 0 Å². The number of methoxy groups -OCH3 is 1. The molecule has 2 N–H and O–H groups in total. The summed E-state index contributed by atoms with van der Waals surface area (Å²) in [6, 6.07) is 8.12. The van der Waals surface area contributed by atoms with Crippen molar-refractivity contribution < 1.29 is 4.74 Å². The molecule has 0 atom stereocenters. The van der Waals surface area contributed by atoms with Crippen LogP contribution in [0.5, 0.6) is 0 Å². The number of aromatic nitrogens is 1. The Kier molecular flexibility index (Phi) is 4.96. The van der Waals surface area contributed by atoms with Crippen molar-refractivity contribution in [3.63, 3.8) is 0 Å². The highest BCUT2D eigenvalue weighted by atomic mass is 16.5. The number of hydrogen-bond donors (Lipinski definition) is 1. The summed E-state index contributed by atoms with van der Waals surface area (Å²) in [6.45, 7) is 3.97. The van der Waals surface area contributed by atoms with Crippen molar-refractivity contribution in [1.29, 1.82) is 5.26 Å². The number of aryl methyl sites for hydroxylation is 1. The molecule has 2 aromatic rings. The molecule has 0 saturated heterocycles. The summed E-state index contributed by atoms with van der Waals surface area (Å²) in [5.74, 6) is 0. The molecule has 0 aliphatic heterocycles. The minimum Gasteiger partial charge on any atom is -0.398 e. The van der Waals surface area contributed by atoms with Crippen LogP contribution in [-0.2, 0) is 4.74 Å². The first-order valence-corrected chi connectivity index (χ1v) is 6.93. The van der Waals surface area contributed by atoms with Crippen molar-refractivity contribution in [2.75, 3.05) is 37.4 Å². The van der Waals surface area contributed by atoms with E-state index in [1.54, 1.807) is 7.11 Å². The van der Waals surface area contributed by atoms with Crippen molar-refractivity contribution >= 4 is 22.1 Å². The molecular formula is C16H20N4O. The number of nitrogen functional groups attached to an aromatic ring is 1. The van der Waals surface area contributed by atoms with E-state index >= 15 is 0 Å². The fourth-order valence-electron chi connectivity index (χ4n) is 2.36. The van der Waals surface area contributed by atoms with Gasteiger partial charge in [0.2, 0.25) is 0 Å². The number of nitrogens with zero attached hydrogens (tertiary/aromatic N) is 3. The standard InChI is InChI=1S/C16H20N4O/c1-12-10-13-14(11-19-12)15(18)4-5-16(13)20(7-3-6-17)8-9-21-2/h4-5,10-11H,3,7-9,18H2,1-2H3. The lowest BCUT2D eigenvalue weighted by atomic mass is 10.1. The Hall–Kier alpha value is -2.32. The van der Waals surface area contributed by atoms with Gasteiger partial charge in [-0.3, -0.25) is 4.98 Å². The van der Waals surface area contributed by atoms with Gasteiger partial charge in [-0.1, -0.05) is 0 Å². The number of ether oxygens (including phenoxy) is 1. The topological polar surface area (TPSA) is 75.2 Å². The minimum atomic E-state index is 0.472. The second kappa shape index (κ2) is 6.91. The predicted molar refractivity (Wildman–Crippen MR) is 85.2 cm³/mol. The number of benzene rings is 1. The molecule has 21 heavy (non-hydrogen) atoms. The molecule has 0 aliphatic rings. The van der Waals surface area contributed by atoms with Gasteiger partial charge < -0.3 is 15.4 Å². The van der Waals surface area contributed by atoms with Crippen LogP contribution < -0.4 is 10.6 Å². The first kappa shape index (κ1) is 15.1. The van der Waals surface area contributed by atoms with E-state index in [1.165, 1.54) is 0 Å². The number of nitrogens with two attached hydrogens (primary N) is 1. The first-order chi connectivity index (χ1) is 10.2. The van der Waals surface area contributed by atoms with E-state index in [9.17, 15) is 0 Å². The van der Waals surface area contributed by atoms with E-state index in [-0.39, 0.29) is 0 Å². The molecule has 0 saturated carbocycles. The molecule has 1 heterocycles. The van der Waals surface area contributed by atoms with Gasteiger partial charge >= 0.3 is 0 Å². The first-order valence-electron chi connectivity index (χ1n) is 6.93. The Morgan fingerprint density at radius 1 is 1.33 bits per heavy atom. The number of nitriles is 1. The van der Waals surface area contributed by atoms with Gasteiger partial charge in [-0.25, -0.2) is 0 Å². The molecule has 0 bridgehead atoms. The quantitative estimate of drug-likeness (QED) is 0.825. The molecule has 2 rings (SSSR count). The average molecular weight is 284 g/mol. The van der Waals surface area contributed by atoms with Gasteiger partial charge in [0.05, 0.1) is 19.1 Å². The highest BCUT2D eigenvalue weighted by Crippen LogP contribution is 2.31. The van der Waals surface area contributed by atoms with Crippen LogP contribution in [0.3, 0.4) is 0 Å². The predicted octanol–water partition coefficient (Wildman–Crippen LogP) is 2.49. The monoisotopic (exact) mass is 284 g/mol. The SMILES string of the molecule is COCCN(CCC#N)c1ccc(N)c2cnc(C)cc12. The van der Waals surface area contributed by atoms with Crippen LogP contribution in [0.4, 0.5) is 11.4 Å². The maximum atomic E-state index is 8.85. The van der Waals surface area contributed by atoms with E-state index in [1.807, 2.05) is 31.3 Å². The maximum absolute atomic E-state index is 8.85. The summed E-state index contributed by atoms with van der Waals surface area (Å²) < 4.78 is 5.17. The summed E-state index contributed by atoms with van der Waals surface area (Å²) in [6.07, 6.45) is 2.28. The van der Waals surface area contributed by atoms with Crippen molar-refractivity contribution in [2.45, 2.75) is 13.3 Å². The highest BCUT2D eigenvalue weighted by Gasteiger charge is 2.12. The molecular weight excluding hydrogens is 264 g/mol. The highest BCUT2D eigenvalue weighted by molar-refractivity contribution is 6.01. The van der Waals surface area contributed by atoms with E-state index in [0.29, 0.717) is 25.3 Å². The van der Waals surface area contributed by atoms with Gasteiger partial charge in [0.15, 0.2) is 0 Å². The molecule has 0 aliphatic carbocycles. The smallest absolute Gasteiger partial charge is 0.0640 e. The van der Waals surface area contributed by atoms with Crippen LogP contribution in [0.1, 0.15) is 12.1 Å². The number of hydrogen-bond acceptors (Lipinski definition) is 5. The van der Waals surface area contributed by atoms with Gasteiger partial charge in [-0.2, -0.15) is 5.26 Å². The Bertz CT molecular complexity index is 663. The molecule has 0 spiro atoms. The summed E-state index contributed by atoms with van der Waals surface area (Å²) in [5.41, 5.74) is 8.77. The molecule has 0 unspecified atom stereocenters. The molecule has 1 aromatic carbocycles. The fourth-order valence-corrected chi connectivity index (χ4v) is 2.36. The largest absolute Gasteiger partial charge is 0.398 e. The third-order valence-corrected chi connectivity index (χ3v) is 3.45. The van der Waals surface area contributed by atoms with Gasteiger partial charge in [-0.15, -0.1) is 0 Å². The number of fused-ring (bicyclic) bond motifs is 1. The van der Waals surface area contributed by atoms with Gasteiger partial charge in [0.25, 0.3) is 0 Å². The summed E-state index contributed by atoms with van der Waals surface area (Å²) >= 11 is 0. The second-order valence-electron chi connectivity index (χ2n) is 4.93. The van der Waals surface area contributed by atoms with Crippen LogP contribution in [0.2, 0.25) is 0 Å². The summed E-state index contributed by atoms with van der Waals surface area (Å²) in [7, 11) is 1.68. The zero-order chi connectivity index (χ0) is 15.2. The second-order valence-corrected chi connectivity index (χ2v) is 4.93. The van der Waals surface area contributed by atoms with E-state index in [0.717, 1.165) is 28.7 Å². The molecule has 0 amide bonds. The Morgan fingerprint density at radius 2 is 2.14 bits per heavy atom. The lowest BCUT2D eigenvalue weighted by Crippen LogP contribution is -2.28. The molecule has 0 fully saturated rings. The van der Waals surface area contributed by atoms with Gasteiger partial charge in [0, 0.05) is 54.2 Å². The third-order valence-electron chi connectivity index (χ3n) is 3.45. The van der Waals surface area contributed by atoms with Crippen LogP contribution in [-0.4, -0.2) is 31.8 Å². The third kappa shape index (κ3) is 3.41. The van der Waals surface area contributed by atoms with Gasteiger partial charge in [0.1, 0.15) is 0 Å². The van der Waals surface area contributed by atoms with E-state index in [4.69, 9.17) is 15.7 Å². The number of anilines is 2. The number of rotatable bonds is 6. The molecule has 1 aromatic heterocycles. The fraction of sp³-hybridized carbons (Fsp3) is 0.375. The zero-order valence-electron chi connectivity index (χ0n) is 12.5. The van der Waals surface area contributed by atoms with Crippen LogP contribution >= 0.6 is 0 Å². The van der Waals surface area contributed by atoms with Crippen molar-refractivity contribution in [3.05, 3.63) is 30.1 Å². The molecule has 5 heteroatoms. The lowest BCUT2D eigenvalue weighted by molar-refractivity contribution is 0.205. The Balaban J connectivity index is 2.48. The van der Waals surface area contributed by atoms with Crippen molar-refractivity contribution in [3.8, 4) is 6.07 Å². The molecule has 110 valence electrons. The lowest BCUT2D eigenvalue weighted by Gasteiger charge is -2.25. The van der Waals surface area contributed by atoms with Crippen LogP contribution in [0.25, 0.3) is 10.8 Å². The Morgan fingerprint density at radius 3 is 2.86 bits per heavy atom. The molecule has 5 nitrogen and oxygen atoms in total. The van der Waals surface area contributed by atoms with Crippen LogP contribution in [0.15, 0.2) is 24.4 Å². The zero-order valence-corrected chi connectivity index (χ0v) is 12.5. The van der Waals surface area contributed by atoms with E-state index < -0.39 is 0 Å². The normalized spacial score (nSPS) is 10.5. The van der Waals surface area contributed by atoms with Crippen LogP contribution in [0, 0.1) is 18.3 Å². The average Bonchev–Trinajstić information content (AvgIpc) is 2.48. The summed E-state index contributed by atoms with van der Waals surface area (Å²) in [5, 5.41) is 10.9.